The molecule has 0 aliphatic carbocycles. The van der Waals surface area contributed by atoms with Crippen molar-refractivity contribution < 1.29 is 4.79 Å². The quantitative estimate of drug-likeness (QED) is 0.924. The van der Waals surface area contributed by atoms with Gasteiger partial charge in [0.15, 0.2) is 0 Å². The molecule has 6 nitrogen and oxygen atoms in total. The number of benzene rings is 1. The lowest BCUT2D eigenvalue weighted by Gasteiger charge is -2.35. The van der Waals surface area contributed by atoms with E-state index in [-0.39, 0.29) is 11.3 Å². The summed E-state index contributed by atoms with van der Waals surface area (Å²) in [5, 5.41) is 14.2. The number of fused-ring (bicyclic) bond motifs is 1. The number of hydrogen-bond donors (Lipinski definition) is 1. The molecule has 2 aromatic rings. The third-order valence-corrected chi connectivity index (χ3v) is 5.90. The van der Waals surface area contributed by atoms with Gasteiger partial charge in [0.1, 0.15) is 0 Å². The summed E-state index contributed by atoms with van der Waals surface area (Å²) in [5.74, 6) is 1.34. The predicted molar refractivity (Wildman–Crippen MR) is 95.7 cm³/mol. The highest BCUT2D eigenvalue weighted by molar-refractivity contribution is 7.99. The highest BCUT2D eigenvalue weighted by atomic mass is 32.2. The Kier molecular flexibility index (Phi) is 4.38. The van der Waals surface area contributed by atoms with Gasteiger partial charge in [-0.15, -0.1) is 11.8 Å². The van der Waals surface area contributed by atoms with Crippen molar-refractivity contribution in [1.82, 2.24) is 20.2 Å². The van der Waals surface area contributed by atoms with Crippen LogP contribution in [0.3, 0.4) is 0 Å². The summed E-state index contributed by atoms with van der Waals surface area (Å²) in [6.45, 7) is 11.2. The number of anilines is 1. The molecular formula is C17H23N5OS. The van der Waals surface area contributed by atoms with Crippen LogP contribution >= 0.6 is 11.8 Å². The normalized spacial score (nSPS) is 15.9. The van der Waals surface area contributed by atoms with Crippen LogP contribution < -0.4 is 5.32 Å². The van der Waals surface area contributed by atoms with Gasteiger partial charge < -0.3 is 0 Å². The molecule has 1 amide bonds. The Morgan fingerprint density at radius 3 is 2.88 bits per heavy atom. The van der Waals surface area contributed by atoms with Gasteiger partial charge in [0, 0.05) is 17.0 Å². The summed E-state index contributed by atoms with van der Waals surface area (Å²) >= 11 is 1.90. The molecule has 0 fully saturated rings. The molecule has 7 heteroatoms. The lowest BCUT2D eigenvalue weighted by Crippen LogP contribution is -2.27. The molecule has 1 aromatic heterocycles. The van der Waals surface area contributed by atoms with Crippen LogP contribution in [0.1, 0.15) is 54.2 Å². The smallest absolute Gasteiger partial charge is 0.258 e. The fourth-order valence-corrected chi connectivity index (χ4v) is 5.02. The zero-order chi connectivity index (χ0) is 17.5. The van der Waals surface area contributed by atoms with Gasteiger partial charge in [-0.25, -0.2) is 4.68 Å². The van der Waals surface area contributed by atoms with Crippen LogP contribution in [-0.2, 0) is 12.0 Å². The Balaban J connectivity index is 2.03. The van der Waals surface area contributed by atoms with Crippen molar-refractivity contribution in [2.24, 2.45) is 0 Å². The molecule has 1 aliphatic heterocycles. The molecule has 0 atom stereocenters. The van der Waals surface area contributed by atoms with E-state index in [9.17, 15) is 4.79 Å². The SMILES string of the molecule is CCn1nnnc1NC(=O)c1cc(C)c2c(c1C)C(C)(C)CCS2. The minimum atomic E-state index is -0.158. The van der Waals surface area contributed by atoms with Crippen LogP contribution in [0.5, 0.6) is 0 Å². The van der Waals surface area contributed by atoms with Crippen LogP contribution in [0, 0.1) is 13.8 Å². The first-order chi connectivity index (χ1) is 11.3. The van der Waals surface area contributed by atoms with E-state index in [0.29, 0.717) is 18.1 Å². The van der Waals surface area contributed by atoms with E-state index in [1.54, 1.807) is 4.68 Å². The first-order valence-corrected chi connectivity index (χ1v) is 9.18. The molecule has 0 bridgehead atoms. The zero-order valence-electron chi connectivity index (χ0n) is 14.8. The van der Waals surface area contributed by atoms with Crippen LogP contribution in [0.2, 0.25) is 0 Å². The average Bonchev–Trinajstić information content (AvgIpc) is 2.96. The highest BCUT2D eigenvalue weighted by Gasteiger charge is 2.32. The Bertz CT molecular complexity index is 797. The maximum absolute atomic E-state index is 12.8. The summed E-state index contributed by atoms with van der Waals surface area (Å²) in [7, 11) is 0. The van der Waals surface area contributed by atoms with Crippen molar-refractivity contribution in [3.63, 3.8) is 0 Å². The van der Waals surface area contributed by atoms with Crippen molar-refractivity contribution in [2.75, 3.05) is 11.1 Å². The molecule has 0 saturated carbocycles. The number of hydrogen-bond acceptors (Lipinski definition) is 5. The molecule has 3 rings (SSSR count). The number of tetrazole rings is 1. The summed E-state index contributed by atoms with van der Waals surface area (Å²) in [4.78, 5) is 14.2. The largest absolute Gasteiger partial charge is 0.289 e. The molecule has 128 valence electrons. The minimum Gasteiger partial charge on any atom is -0.289 e. The average molecular weight is 345 g/mol. The molecule has 1 aliphatic rings. The van der Waals surface area contributed by atoms with E-state index in [1.165, 1.54) is 10.5 Å². The number of rotatable bonds is 3. The molecule has 24 heavy (non-hydrogen) atoms. The van der Waals surface area contributed by atoms with Crippen molar-refractivity contribution >= 4 is 23.6 Å². The number of aryl methyl sites for hydroxylation is 2. The van der Waals surface area contributed by atoms with E-state index in [1.807, 2.05) is 31.7 Å². The van der Waals surface area contributed by atoms with Gasteiger partial charge in [-0.05, 0) is 71.5 Å². The van der Waals surface area contributed by atoms with Gasteiger partial charge in [0.25, 0.3) is 5.91 Å². The molecule has 0 saturated heterocycles. The van der Waals surface area contributed by atoms with Crippen molar-refractivity contribution in [1.29, 1.82) is 0 Å². The van der Waals surface area contributed by atoms with E-state index >= 15 is 0 Å². The second kappa shape index (κ2) is 6.20. The second-order valence-electron chi connectivity index (χ2n) is 6.82. The van der Waals surface area contributed by atoms with E-state index in [2.05, 4.69) is 41.6 Å². The number of nitrogens with zero attached hydrogens (tertiary/aromatic N) is 4. The maximum Gasteiger partial charge on any atom is 0.258 e. The topological polar surface area (TPSA) is 72.7 Å². The third-order valence-electron chi connectivity index (χ3n) is 4.68. The van der Waals surface area contributed by atoms with Crippen LogP contribution in [-0.4, -0.2) is 31.9 Å². The molecule has 2 heterocycles. The fourth-order valence-electron chi connectivity index (χ4n) is 3.34. The lowest BCUT2D eigenvalue weighted by molar-refractivity contribution is 0.102. The number of amides is 1. The number of nitrogens with one attached hydrogen (secondary N) is 1. The standard InChI is InChI=1S/C17H23N5OS/c1-6-22-16(19-20-21-22)18-15(23)12-9-10(2)14-13(11(12)3)17(4,5)7-8-24-14/h9H,6-8H2,1-5H3,(H,18,19,21,23). The first-order valence-electron chi connectivity index (χ1n) is 8.20. The number of aromatic nitrogens is 4. The fraction of sp³-hybridized carbons (Fsp3) is 0.529. The van der Waals surface area contributed by atoms with Crippen LogP contribution in [0.25, 0.3) is 0 Å². The molecular weight excluding hydrogens is 322 g/mol. The predicted octanol–water partition coefficient (Wildman–Crippen LogP) is 3.34. The summed E-state index contributed by atoms with van der Waals surface area (Å²) < 4.78 is 1.57. The number of thioether (sulfide) groups is 1. The van der Waals surface area contributed by atoms with E-state index < -0.39 is 0 Å². The Morgan fingerprint density at radius 1 is 1.42 bits per heavy atom. The first kappa shape index (κ1) is 17.0. The summed E-state index contributed by atoms with van der Waals surface area (Å²) in [6, 6.07) is 1.98. The van der Waals surface area contributed by atoms with Gasteiger partial charge >= 0.3 is 0 Å². The van der Waals surface area contributed by atoms with E-state index in [4.69, 9.17) is 0 Å². The van der Waals surface area contributed by atoms with E-state index in [0.717, 1.165) is 23.3 Å². The lowest BCUT2D eigenvalue weighted by atomic mass is 9.77. The van der Waals surface area contributed by atoms with Crippen molar-refractivity contribution in [2.45, 2.75) is 57.9 Å². The van der Waals surface area contributed by atoms with Gasteiger partial charge in [-0.2, -0.15) is 0 Å². The minimum absolute atomic E-state index is 0.0801. The third kappa shape index (κ3) is 2.81. The van der Waals surface area contributed by atoms with Crippen molar-refractivity contribution in [3.05, 3.63) is 28.3 Å². The van der Waals surface area contributed by atoms with Gasteiger partial charge in [-0.1, -0.05) is 18.9 Å². The molecule has 0 spiro atoms. The molecule has 1 aromatic carbocycles. The Morgan fingerprint density at radius 2 is 2.17 bits per heavy atom. The second-order valence-corrected chi connectivity index (χ2v) is 7.93. The Hall–Kier alpha value is -1.89. The van der Waals surface area contributed by atoms with Crippen molar-refractivity contribution in [3.8, 4) is 0 Å². The van der Waals surface area contributed by atoms with Crippen LogP contribution in [0.15, 0.2) is 11.0 Å². The summed E-state index contributed by atoms with van der Waals surface area (Å²) in [5.41, 5.74) is 4.30. The van der Waals surface area contributed by atoms with Gasteiger partial charge in [-0.3, -0.25) is 10.1 Å². The highest BCUT2D eigenvalue weighted by Crippen LogP contribution is 2.45. The molecule has 1 N–H and O–H groups in total. The van der Waals surface area contributed by atoms with Gasteiger partial charge in [0.05, 0.1) is 0 Å². The van der Waals surface area contributed by atoms with Crippen LogP contribution in [0.4, 0.5) is 5.95 Å². The van der Waals surface area contributed by atoms with Gasteiger partial charge in [0.2, 0.25) is 5.95 Å². The zero-order valence-corrected chi connectivity index (χ0v) is 15.6. The summed E-state index contributed by atoms with van der Waals surface area (Å²) in [6.07, 6.45) is 1.12. The molecule has 0 radical (unpaired) electrons. The molecule has 0 unspecified atom stereocenters. The monoisotopic (exact) mass is 345 g/mol. The maximum atomic E-state index is 12.8. The number of carbonyl (C=O) groups excluding carboxylic acids is 1. The Labute approximate surface area is 146 Å². The number of carbonyl (C=O) groups is 1.